The predicted molar refractivity (Wildman–Crippen MR) is 109 cm³/mol. The van der Waals surface area contributed by atoms with E-state index in [0.717, 1.165) is 25.4 Å². The average molecular weight is 392 g/mol. The number of methoxy groups -OCH3 is 1. The van der Waals surface area contributed by atoms with Crippen LogP contribution in [0.1, 0.15) is 32.3 Å². The van der Waals surface area contributed by atoms with E-state index in [1.54, 1.807) is 7.11 Å². The molecule has 156 valence electrons. The first-order valence-corrected chi connectivity index (χ1v) is 9.53. The van der Waals surface area contributed by atoms with Crippen LogP contribution in [0.2, 0.25) is 0 Å². The van der Waals surface area contributed by atoms with Crippen LogP contribution in [-0.2, 0) is 16.1 Å². The van der Waals surface area contributed by atoms with Crippen LogP contribution in [0, 0.1) is 5.92 Å². The van der Waals surface area contributed by atoms with Gasteiger partial charge in [-0.3, -0.25) is 4.90 Å². The number of carboxylic acids is 2. The summed E-state index contributed by atoms with van der Waals surface area (Å²) in [4.78, 5) is 21.8. The van der Waals surface area contributed by atoms with Crippen molar-refractivity contribution < 1.29 is 24.5 Å². The van der Waals surface area contributed by atoms with Gasteiger partial charge in [0.1, 0.15) is 5.75 Å². The molecule has 0 radical (unpaired) electrons. The van der Waals surface area contributed by atoms with Crippen molar-refractivity contribution >= 4 is 11.9 Å². The molecule has 0 bridgehead atoms. The number of rotatable bonds is 8. The SMILES string of the molecule is COc1cccc(CN(CC(C)C)C2CCNCC2)c1.O=C(O)/C=C/C(=O)O. The van der Waals surface area contributed by atoms with Crippen molar-refractivity contribution in [1.82, 2.24) is 10.2 Å². The lowest BCUT2D eigenvalue weighted by Gasteiger charge is -2.36. The molecule has 1 heterocycles. The van der Waals surface area contributed by atoms with Gasteiger partial charge in [0.15, 0.2) is 0 Å². The van der Waals surface area contributed by atoms with Gasteiger partial charge < -0.3 is 20.3 Å². The van der Waals surface area contributed by atoms with Gasteiger partial charge in [0.05, 0.1) is 7.11 Å². The van der Waals surface area contributed by atoms with Gasteiger partial charge in [-0.25, -0.2) is 9.59 Å². The van der Waals surface area contributed by atoms with Crippen molar-refractivity contribution in [2.45, 2.75) is 39.3 Å². The fourth-order valence-electron chi connectivity index (χ4n) is 3.13. The maximum absolute atomic E-state index is 9.55. The number of hydrogen-bond acceptors (Lipinski definition) is 5. The molecule has 1 aromatic rings. The number of nitrogens with one attached hydrogen (secondary N) is 1. The minimum atomic E-state index is -1.26. The normalized spacial score (nSPS) is 14.8. The highest BCUT2D eigenvalue weighted by molar-refractivity contribution is 5.89. The van der Waals surface area contributed by atoms with Crippen LogP contribution in [-0.4, -0.2) is 59.8 Å². The van der Waals surface area contributed by atoms with Crippen molar-refractivity contribution in [1.29, 1.82) is 0 Å². The average Bonchev–Trinajstić information content (AvgIpc) is 2.67. The molecule has 1 fully saturated rings. The lowest BCUT2D eigenvalue weighted by molar-refractivity contribution is -0.134. The molecule has 0 unspecified atom stereocenters. The summed E-state index contributed by atoms with van der Waals surface area (Å²) in [6.45, 7) is 9.11. The quantitative estimate of drug-likeness (QED) is 0.585. The van der Waals surface area contributed by atoms with Crippen molar-refractivity contribution in [3.8, 4) is 5.75 Å². The Morgan fingerprint density at radius 2 is 1.82 bits per heavy atom. The maximum atomic E-state index is 9.55. The van der Waals surface area contributed by atoms with Crippen LogP contribution in [0.4, 0.5) is 0 Å². The summed E-state index contributed by atoms with van der Waals surface area (Å²) in [6.07, 6.45) is 3.64. The highest BCUT2D eigenvalue weighted by Gasteiger charge is 2.21. The van der Waals surface area contributed by atoms with Gasteiger partial charge >= 0.3 is 11.9 Å². The second-order valence-corrected chi connectivity index (χ2v) is 7.17. The zero-order valence-electron chi connectivity index (χ0n) is 16.9. The second-order valence-electron chi connectivity index (χ2n) is 7.17. The summed E-state index contributed by atoms with van der Waals surface area (Å²) in [5.74, 6) is -0.854. The minimum absolute atomic E-state index is 0.558. The zero-order chi connectivity index (χ0) is 20.9. The smallest absolute Gasteiger partial charge is 0.328 e. The van der Waals surface area contributed by atoms with E-state index in [4.69, 9.17) is 14.9 Å². The van der Waals surface area contributed by atoms with E-state index in [9.17, 15) is 9.59 Å². The molecule has 1 aliphatic rings. The summed E-state index contributed by atoms with van der Waals surface area (Å²) in [5, 5.41) is 19.1. The van der Waals surface area contributed by atoms with Crippen LogP contribution in [0.3, 0.4) is 0 Å². The molecule has 2 rings (SSSR count). The third kappa shape index (κ3) is 10.1. The van der Waals surface area contributed by atoms with Gasteiger partial charge in [0.2, 0.25) is 0 Å². The molecule has 0 saturated carbocycles. The Labute approximate surface area is 167 Å². The Bertz CT molecular complexity index is 623. The Hall–Kier alpha value is -2.38. The molecule has 1 aliphatic heterocycles. The monoisotopic (exact) mass is 392 g/mol. The van der Waals surface area contributed by atoms with Crippen molar-refractivity contribution in [2.24, 2.45) is 5.92 Å². The lowest BCUT2D eigenvalue weighted by atomic mass is 10.0. The first kappa shape index (κ1) is 23.7. The Morgan fingerprint density at radius 1 is 1.21 bits per heavy atom. The highest BCUT2D eigenvalue weighted by atomic mass is 16.5. The Morgan fingerprint density at radius 3 is 2.32 bits per heavy atom. The maximum Gasteiger partial charge on any atom is 0.328 e. The third-order valence-corrected chi connectivity index (χ3v) is 4.31. The van der Waals surface area contributed by atoms with E-state index in [1.165, 1.54) is 24.9 Å². The number of benzene rings is 1. The summed E-state index contributed by atoms with van der Waals surface area (Å²) < 4.78 is 5.33. The van der Waals surface area contributed by atoms with E-state index >= 15 is 0 Å². The van der Waals surface area contributed by atoms with E-state index in [-0.39, 0.29) is 0 Å². The predicted octanol–water partition coefficient (Wildman–Crippen LogP) is 2.62. The number of carboxylic acid groups (broad SMARTS) is 2. The largest absolute Gasteiger partial charge is 0.497 e. The molecule has 28 heavy (non-hydrogen) atoms. The molecule has 0 atom stereocenters. The van der Waals surface area contributed by atoms with Crippen LogP contribution < -0.4 is 10.1 Å². The summed E-state index contributed by atoms with van der Waals surface area (Å²) >= 11 is 0. The molecule has 0 aliphatic carbocycles. The first-order valence-electron chi connectivity index (χ1n) is 9.53. The topological polar surface area (TPSA) is 99.1 Å². The van der Waals surface area contributed by atoms with Gasteiger partial charge in [-0.2, -0.15) is 0 Å². The van der Waals surface area contributed by atoms with Gasteiger partial charge in [0.25, 0.3) is 0 Å². The second kappa shape index (κ2) is 12.9. The first-order chi connectivity index (χ1) is 13.3. The summed E-state index contributed by atoms with van der Waals surface area (Å²) in [6, 6.07) is 9.18. The number of piperidine rings is 1. The zero-order valence-corrected chi connectivity index (χ0v) is 16.9. The van der Waals surface area contributed by atoms with Crippen LogP contribution in [0.15, 0.2) is 36.4 Å². The molecule has 7 heteroatoms. The Balaban J connectivity index is 0.000000416. The fourth-order valence-corrected chi connectivity index (χ4v) is 3.13. The van der Waals surface area contributed by atoms with Gasteiger partial charge in [-0.15, -0.1) is 0 Å². The molecule has 3 N–H and O–H groups in total. The van der Waals surface area contributed by atoms with Gasteiger partial charge in [-0.05, 0) is 49.5 Å². The van der Waals surface area contributed by atoms with Crippen LogP contribution >= 0.6 is 0 Å². The molecule has 0 spiro atoms. The lowest BCUT2D eigenvalue weighted by Crippen LogP contribution is -2.44. The van der Waals surface area contributed by atoms with Crippen LogP contribution in [0.25, 0.3) is 0 Å². The van der Waals surface area contributed by atoms with E-state index < -0.39 is 11.9 Å². The molecule has 0 amide bonds. The molecule has 0 aromatic heterocycles. The van der Waals surface area contributed by atoms with E-state index in [0.29, 0.717) is 24.1 Å². The standard InChI is InChI=1S/C17H28N2O.C4H4O4/c1-14(2)12-19(16-7-9-18-10-8-16)13-15-5-4-6-17(11-15)20-3;5-3(6)1-2-4(7)8/h4-6,11,14,16,18H,7-10,12-13H2,1-3H3;1-2H,(H,5,6)(H,7,8)/b;2-1+. The summed E-state index contributed by atoms with van der Waals surface area (Å²) in [7, 11) is 1.73. The third-order valence-electron chi connectivity index (χ3n) is 4.31. The fraction of sp³-hybridized carbons (Fsp3) is 0.524. The van der Waals surface area contributed by atoms with Crippen LogP contribution in [0.5, 0.6) is 5.75 Å². The number of nitrogens with zero attached hydrogens (tertiary/aromatic N) is 1. The van der Waals surface area contributed by atoms with E-state index in [1.807, 2.05) is 6.07 Å². The number of hydrogen-bond donors (Lipinski definition) is 3. The molecule has 1 saturated heterocycles. The van der Waals surface area contributed by atoms with Gasteiger partial charge in [0, 0.05) is 31.3 Å². The summed E-state index contributed by atoms with van der Waals surface area (Å²) in [5.41, 5.74) is 1.35. The molecular weight excluding hydrogens is 360 g/mol. The van der Waals surface area contributed by atoms with Crippen molar-refractivity contribution in [3.63, 3.8) is 0 Å². The van der Waals surface area contributed by atoms with Gasteiger partial charge in [-0.1, -0.05) is 26.0 Å². The number of aliphatic carboxylic acids is 2. The molecule has 7 nitrogen and oxygen atoms in total. The Kier molecular flexibility index (Phi) is 10.9. The minimum Gasteiger partial charge on any atom is -0.497 e. The van der Waals surface area contributed by atoms with E-state index in [2.05, 4.69) is 42.3 Å². The number of ether oxygens (including phenoxy) is 1. The number of carbonyl (C=O) groups is 2. The van der Waals surface area contributed by atoms with Crippen molar-refractivity contribution in [2.75, 3.05) is 26.7 Å². The highest BCUT2D eigenvalue weighted by Crippen LogP contribution is 2.20. The van der Waals surface area contributed by atoms with Crippen molar-refractivity contribution in [3.05, 3.63) is 42.0 Å². The molecular formula is C21H32N2O5. The molecule has 1 aromatic carbocycles.